The lowest BCUT2D eigenvalue weighted by Gasteiger charge is -2.14. The molecule has 23 heavy (non-hydrogen) atoms. The van der Waals surface area contributed by atoms with Crippen molar-refractivity contribution in [2.45, 2.75) is 19.8 Å². The highest BCUT2D eigenvalue weighted by atomic mass is 32.1. The fourth-order valence-electron chi connectivity index (χ4n) is 2.50. The van der Waals surface area contributed by atoms with E-state index in [-0.39, 0.29) is 11.8 Å². The van der Waals surface area contributed by atoms with Crippen LogP contribution in [0.15, 0.2) is 52.4 Å². The molecule has 1 N–H and O–H groups in total. The number of aryl methyl sites for hydroxylation is 1. The van der Waals surface area contributed by atoms with Gasteiger partial charge in [-0.05, 0) is 35.4 Å². The minimum absolute atomic E-state index is 0.211. The van der Waals surface area contributed by atoms with Gasteiger partial charge in [-0.1, -0.05) is 42.4 Å². The van der Waals surface area contributed by atoms with Crippen LogP contribution in [0.5, 0.6) is 0 Å². The number of benzene rings is 1. The van der Waals surface area contributed by atoms with E-state index in [1.54, 1.807) is 17.4 Å². The molecule has 3 aromatic rings. The average molecular weight is 326 g/mol. The van der Waals surface area contributed by atoms with Crippen molar-refractivity contribution in [1.82, 2.24) is 10.5 Å². The fourth-order valence-corrected chi connectivity index (χ4v) is 3.18. The SMILES string of the molecule is Cc1ccccc1[C@@H](C)CNC(=O)c1cc(-c2cccs2)on1. The smallest absolute Gasteiger partial charge is 0.273 e. The molecule has 0 fully saturated rings. The van der Waals surface area contributed by atoms with Crippen LogP contribution >= 0.6 is 11.3 Å². The molecule has 0 radical (unpaired) electrons. The van der Waals surface area contributed by atoms with E-state index in [9.17, 15) is 4.79 Å². The van der Waals surface area contributed by atoms with Crippen LogP contribution < -0.4 is 5.32 Å². The first-order chi connectivity index (χ1) is 11.1. The Hall–Kier alpha value is -2.40. The lowest BCUT2D eigenvalue weighted by molar-refractivity contribution is 0.0942. The first-order valence-corrected chi connectivity index (χ1v) is 8.37. The van der Waals surface area contributed by atoms with E-state index >= 15 is 0 Å². The second-order valence-electron chi connectivity index (χ2n) is 5.52. The summed E-state index contributed by atoms with van der Waals surface area (Å²) in [6.45, 7) is 4.74. The summed E-state index contributed by atoms with van der Waals surface area (Å²) in [4.78, 5) is 13.2. The van der Waals surface area contributed by atoms with E-state index in [1.807, 2.05) is 29.6 Å². The van der Waals surface area contributed by atoms with Crippen molar-refractivity contribution in [3.8, 4) is 10.6 Å². The molecule has 2 heterocycles. The number of hydrogen-bond donors (Lipinski definition) is 1. The predicted octanol–water partition coefficient (Wildman–Crippen LogP) is 4.25. The van der Waals surface area contributed by atoms with Gasteiger partial charge in [0.1, 0.15) is 0 Å². The quantitative estimate of drug-likeness (QED) is 0.763. The predicted molar refractivity (Wildman–Crippen MR) is 91.7 cm³/mol. The molecule has 0 unspecified atom stereocenters. The lowest BCUT2D eigenvalue weighted by atomic mass is 9.96. The maximum Gasteiger partial charge on any atom is 0.273 e. The molecule has 0 aliphatic heterocycles. The number of rotatable bonds is 5. The van der Waals surface area contributed by atoms with Gasteiger partial charge < -0.3 is 9.84 Å². The van der Waals surface area contributed by atoms with Crippen molar-refractivity contribution in [2.75, 3.05) is 6.54 Å². The van der Waals surface area contributed by atoms with E-state index in [2.05, 4.69) is 36.5 Å². The Bertz CT molecular complexity index is 793. The van der Waals surface area contributed by atoms with Crippen LogP contribution in [-0.2, 0) is 0 Å². The van der Waals surface area contributed by atoms with Gasteiger partial charge in [-0.25, -0.2) is 0 Å². The summed E-state index contributed by atoms with van der Waals surface area (Å²) < 4.78 is 5.24. The monoisotopic (exact) mass is 326 g/mol. The van der Waals surface area contributed by atoms with Gasteiger partial charge in [0.2, 0.25) is 0 Å². The molecule has 0 aliphatic carbocycles. The molecule has 1 aromatic carbocycles. The van der Waals surface area contributed by atoms with Gasteiger partial charge in [-0.2, -0.15) is 0 Å². The molecule has 2 aromatic heterocycles. The summed E-state index contributed by atoms with van der Waals surface area (Å²) in [7, 11) is 0. The molecule has 0 saturated carbocycles. The third kappa shape index (κ3) is 3.51. The second kappa shape index (κ2) is 6.79. The highest BCUT2D eigenvalue weighted by molar-refractivity contribution is 7.13. The summed E-state index contributed by atoms with van der Waals surface area (Å²) in [5, 5.41) is 8.74. The zero-order valence-electron chi connectivity index (χ0n) is 13.1. The first-order valence-electron chi connectivity index (χ1n) is 7.49. The van der Waals surface area contributed by atoms with Crippen LogP contribution in [-0.4, -0.2) is 17.6 Å². The molecular formula is C18H18N2O2S. The maximum absolute atomic E-state index is 12.2. The molecule has 0 bridgehead atoms. The third-order valence-electron chi connectivity index (χ3n) is 3.80. The van der Waals surface area contributed by atoms with Gasteiger partial charge in [0, 0.05) is 12.6 Å². The Kier molecular flexibility index (Phi) is 4.57. The minimum atomic E-state index is -0.211. The van der Waals surface area contributed by atoms with Crippen molar-refractivity contribution < 1.29 is 9.32 Å². The van der Waals surface area contributed by atoms with Crippen LogP contribution in [0, 0.1) is 6.92 Å². The molecule has 1 atom stereocenters. The number of aromatic nitrogens is 1. The summed E-state index contributed by atoms with van der Waals surface area (Å²) in [5.41, 5.74) is 2.79. The van der Waals surface area contributed by atoms with Crippen LogP contribution in [0.3, 0.4) is 0 Å². The number of carbonyl (C=O) groups excluding carboxylic acids is 1. The molecule has 118 valence electrons. The van der Waals surface area contributed by atoms with Gasteiger partial charge >= 0.3 is 0 Å². The topological polar surface area (TPSA) is 55.1 Å². The van der Waals surface area contributed by atoms with E-state index in [0.717, 1.165) is 4.88 Å². The van der Waals surface area contributed by atoms with Crippen LogP contribution in [0.4, 0.5) is 0 Å². The molecular weight excluding hydrogens is 308 g/mol. The third-order valence-corrected chi connectivity index (χ3v) is 4.68. The molecule has 4 nitrogen and oxygen atoms in total. The van der Waals surface area contributed by atoms with Gasteiger partial charge in [0.05, 0.1) is 4.88 Å². The molecule has 5 heteroatoms. The zero-order chi connectivity index (χ0) is 16.2. The summed E-state index contributed by atoms with van der Waals surface area (Å²) in [5.74, 6) is 0.651. The molecule has 1 amide bonds. The van der Waals surface area contributed by atoms with Gasteiger partial charge in [0.25, 0.3) is 5.91 Å². The number of nitrogens with one attached hydrogen (secondary N) is 1. The summed E-state index contributed by atoms with van der Waals surface area (Å²) >= 11 is 1.55. The van der Waals surface area contributed by atoms with Crippen LogP contribution in [0.2, 0.25) is 0 Å². The van der Waals surface area contributed by atoms with Crippen molar-refractivity contribution in [1.29, 1.82) is 0 Å². The number of nitrogens with zero attached hydrogens (tertiary/aromatic N) is 1. The Balaban J connectivity index is 1.63. The lowest BCUT2D eigenvalue weighted by Crippen LogP contribution is -2.27. The first kappa shape index (κ1) is 15.5. The zero-order valence-corrected chi connectivity index (χ0v) is 13.9. The van der Waals surface area contributed by atoms with Gasteiger partial charge in [-0.15, -0.1) is 11.3 Å². The Morgan fingerprint density at radius 2 is 2.13 bits per heavy atom. The van der Waals surface area contributed by atoms with E-state index in [0.29, 0.717) is 18.0 Å². The Labute approximate surface area is 139 Å². The Morgan fingerprint density at radius 3 is 2.87 bits per heavy atom. The largest absolute Gasteiger partial charge is 0.355 e. The normalized spacial score (nSPS) is 12.1. The average Bonchev–Trinajstić information content (AvgIpc) is 3.23. The van der Waals surface area contributed by atoms with Crippen molar-refractivity contribution in [3.63, 3.8) is 0 Å². The number of carbonyl (C=O) groups is 1. The molecule has 3 rings (SSSR count). The molecule has 0 spiro atoms. The fraction of sp³-hybridized carbons (Fsp3) is 0.222. The van der Waals surface area contributed by atoms with E-state index in [4.69, 9.17) is 4.52 Å². The summed E-state index contributed by atoms with van der Waals surface area (Å²) in [6, 6.07) is 13.8. The van der Waals surface area contributed by atoms with Crippen LogP contribution in [0.25, 0.3) is 10.6 Å². The highest BCUT2D eigenvalue weighted by Gasteiger charge is 2.15. The van der Waals surface area contributed by atoms with Crippen molar-refractivity contribution in [3.05, 3.63) is 64.7 Å². The van der Waals surface area contributed by atoms with Gasteiger partial charge in [-0.3, -0.25) is 4.79 Å². The highest BCUT2D eigenvalue weighted by Crippen LogP contribution is 2.25. The standard InChI is InChI=1S/C18H18N2O2S/c1-12-6-3-4-7-14(12)13(2)11-19-18(21)15-10-16(22-20-15)17-8-5-9-23-17/h3-10,13H,11H2,1-2H3,(H,19,21)/t13-/m0/s1. The van der Waals surface area contributed by atoms with Gasteiger partial charge in [0.15, 0.2) is 11.5 Å². The second-order valence-corrected chi connectivity index (χ2v) is 6.47. The molecule has 0 aliphatic rings. The number of amides is 1. The Morgan fingerprint density at radius 1 is 1.30 bits per heavy atom. The minimum Gasteiger partial charge on any atom is -0.355 e. The van der Waals surface area contributed by atoms with Crippen LogP contribution in [0.1, 0.15) is 34.5 Å². The van der Waals surface area contributed by atoms with Crippen molar-refractivity contribution >= 4 is 17.2 Å². The van der Waals surface area contributed by atoms with E-state index in [1.165, 1.54) is 11.1 Å². The number of hydrogen-bond acceptors (Lipinski definition) is 4. The molecule has 0 saturated heterocycles. The summed E-state index contributed by atoms with van der Waals surface area (Å²) in [6.07, 6.45) is 0. The van der Waals surface area contributed by atoms with E-state index < -0.39 is 0 Å². The number of thiophene rings is 1. The van der Waals surface area contributed by atoms with Crippen molar-refractivity contribution in [2.24, 2.45) is 0 Å². The maximum atomic E-state index is 12.2.